The Hall–Kier alpha value is -1.10. The number of methoxy groups -OCH3 is 1. The minimum Gasteiger partial charge on any atom is -0.382 e. The van der Waals surface area contributed by atoms with Gasteiger partial charge in [-0.05, 0) is 31.0 Å². The zero-order valence-corrected chi connectivity index (χ0v) is 11.6. The van der Waals surface area contributed by atoms with Crippen LogP contribution in [0.25, 0.3) is 0 Å². The highest BCUT2D eigenvalue weighted by Gasteiger charge is 2.09. The smallest absolute Gasteiger partial charge is 0.250 e. The van der Waals surface area contributed by atoms with E-state index in [-0.39, 0.29) is 12.5 Å². The molecule has 1 aromatic carbocycles. The molecule has 0 aromatic heterocycles. The molecular formula is C13H18ClNO3. The maximum Gasteiger partial charge on any atom is 0.250 e. The van der Waals surface area contributed by atoms with Crippen molar-refractivity contribution < 1.29 is 14.3 Å². The van der Waals surface area contributed by atoms with Crippen LogP contribution in [0, 0.1) is 13.8 Å². The third kappa shape index (κ3) is 4.64. The lowest BCUT2D eigenvalue weighted by atomic mass is 10.1. The molecule has 0 aliphatic carbocycles. The van der Waals surface area contributed by atoms with Crippen LogP contribution >= 0.6 is 11.6 Å². The summed E-state index contributed by atoms with van der Waals surface area (Å²) in [4.78, 5) is 11.6. The van der Waals surface area contributed by atoms with Crippen molar-refractivity contribution in [3.8, 4) is 0 Å². The Morgan fingerprint density at radius 1 is 1.33 bits per heavy atom. The highest BCUT2D eigenvalue weighted by atomic mass is 35.5. The predicted molar refractivity (Wildman–Crippen MR) is 72.3 cm³/mol. The first-order valence-corrected chi connectivity index (χ1v) is 6.05. The van der Waals surface area contributed by atoms with Crippen molar-refractivity contribution in [2.24, 2.45) is 0 Å². The molecule has 0 spiro atoms. The minimum atomic E-state index is -0.222. The molecule has 18 heavy (non-hydrogen) atoms. The minimum absolute atomic E-state index is 0.00694. The molecule has 1 aromatic rings. The van der Waals surface area contributed by atoms with E-state index >= 15 is 0 Å². The maximum absolute atomic E-state index is 11.6. The quantitative estimate of drug-likeness (QED) is 0.809. The lowest BCUT2D eigenvalue weighted by Crippen LogP contribution is -2.20. The number of aryl methyl sites for hydroxylation is 2. The molecule has 0 aliphatic rings. The molecular weight excluding hydrogens is 254 g/mol. The lowest BCUT2D eigenvalue weighted by molar-refractivity contribution is -0.121. The molecule has 100 valence electrons. The molecule has 1 N–H and O–H groups in total. The van der Waals surface area contributed by atoms with Crippen LogP contribution in [0.5, 0.6) is 0 Å². The van der Waals surface area contributed by atoms with Crippen LogP contribution in [0.15, 0.2) is 12.1 Å². The maximum atomic E-state index is 11.6. The second-order valence-corrected chi connectivity index (χ2v) is 4.44. The number of carbonyl (C=O) groups is 1. The number of benzene rings is 1. The third-order valence-corrected chi connectivity index (χ3v) is 2.66. The van der Waals surface area contributed by atoms with Gasteiger partial charge in [-0.2, -0.15) is 0 Å². The lowest BCUT2D eigenvalue weighted by Gasteiger charge is -2.11. The van der Waals surface area contributed by atoms with Gasteiger partial charge in [0.15, 0.2) is 0 Å². The van der Waals surface area contributed by atoms with Gasteiger partial charge < -0.3 is 14.8 Å². The normalized spacial score (nSPS) is 10.4. The number of nitrogens with one attached hydrogen (secondary N) is 1. The zero-order valence-electron chi connectivity index (χ0n) is 10.9. The summed E-state index contributed by atoms with van der Waals surface area (Å²) in [6.45, 7) is 4.72. The molecule has 0 radical (unpaired) electrons. The molecule has 0 saturated carbocycles. The molecule has 0 aliphatic heterocycles. The summed E-state index contributed by atoms with van der Waals surface area (Å²) in [5.41, 5.74) is 2.64. The Morgan fingerprint density at radius 3 is 2.67 bits per heavy atom. The second kappa shape index (κ2) is 7.36. The fourth-order valence-corrected chi connectivity index (χ4v) is 1.93. The van der Waals surface area contributed by atoms with Crippen molar-refractivity contribution in [3.63, 3.8) is 0 Å². The van der Waals surface area contributed by atoms with Crippen LogP contribution < -0.4 is 5.32 Å². The van der Waals surface area contributed by atoms with Gasteiger partial charge in [0.2, 0.25) is 5.91 Å². The monoisotopic (exact) mass is 271 g/mol. The summed E-state index contributed by atoms with van der Waals surface area (Å²) < 4.78 is 9.95. The van der Waals surface area contributed by atoms with Crippen molar-refractivity contribution in [1.29, 1.82) is 0 Å². The number of amides is 1. The van der Waals surface area contributed by atoms with Gasteiger partial charge in [0.1, 0.15) is 6.61 Å². The van der Waals surface area contributed by atoms with Gasteiger partial charge in [-0.3, -0.25) is 4.79 Å². The second-order valence-electron chi connectivity index (χ2n) is 4.03. The average molecular weight is 272 g/mol. The Bertz CT molecular complexity index is 398. The highest BCUT2D eigenvalue weighted by Crippen LogP contribution is 2.27. The number of carbonyl (C=O) groups excluding carboxylic acids is 1. The number of ether oxygens (including phenoxy) is 2. The van der Waals surface area contributed by atoms with E-state index in [1.54, 1.807) is 7.11 Å². The van der Waals surface area contributed by atoms with E-state index in [2.05, 4.69) is 5.32 Å². The van der Waals surface area contributed by atoms with Crippen molar-refractivity contribution in [2.75, 3.05) is 32.2 Å². The first-order chi connectivity index (χ1) is 8.54. The molecule has 0 unspecified atom stereocenters. The van der Waals surface area contributed by atoms with E-state index in [1.165, 1.54) is 0 Å². The van der Waals surface area contributed by atoms with Crippen molar-refractivity contribution >= 4 is 23.2 Å². The summed E-state index contributed by atoms with van der Waals surface area (Å²) >= 11 is 6.09. The predicted octanol–water partition coefficient (Wildman–Crippen LogP) is 2.56. The molecule has 0 atom stereocenters. The molecule has 0 fully saturated rings. The number of anilines is 1. The fraction of sp³-hybridized carbons (Fsp3) is 0.462. The first-order valence-electron chi connectivity index (χ1n) is 5.68. The van der Waals surface area contributed by atoms with Gasteiger partial charge in [0.05, 0.1) is 23.9 Å². The Labute approximate surface area is 112 Å². The van der Waals surface area contributed by atoms with Gasteiger partial charge in [-0.1, -0.05) is 17.7 Å². The number of hydrogen-bond donors (Lipinski definition) is 1. The Kier molecular flexibility index (Phi) is 6.12. The SMILES string of the molecule is COCCOCC(=O)Nc1c(C)cc(C)cc1Cl. The third-order valence-electron chi connectivity index (χ3n) is 2.36. The van der Waals surface area contributed by atoms with E-state index in [9.17, 15) is 4.79 Å². The van der Waals surface area contributed by atoms with E-state index in [4.69, 9.17) is 21.1 Å². The molecule has 5 heteroatoms. The molecule has 1 rings (SSSR count). The highest BCUT2D eigenvalue weighted by molar-refractivity contribution is 6.34. The molecule has 0 heterocycles. The van der Waals surface area contributed by atoms with E-state index < -0.39 is 0 Å². The number of halogens is 1. The van der Waals surface area contributed by atoms with Crippen LogP contribution in [0.2, 0.25) is 5.02 Å². The largest absolute Gasteiger partial charge is 0.382 e. The van der Waals surface area contributed by atoms with Gasteiger partial charge in [-0.15, -0.1) is 0 Å². The molecule has 1 amide bonds. The van der Waals surface area contributed by atoms with E-state index in [1.807, 2.05) is 26.0 Å². The standard InChI is InChI=1S/C13H18ClNO3/c1-9-6-10(2)13(11(14)7-9)15-12(16)8-18-5-4-17-3/h6-7H,4-5,8H2,1-3H3,(H,15,16). The van der Waals surface area contributed by atoms with Gasteiger partial charge in [0, 0.05) is 7.11 Å². The van der Waals surface area contributed by atoms with Crippen LogP contribution in [-0.4, -0.2) is 32.8 Å². The summed E-state index contributed by atoms with van der Waals surface area (Å²) in [6, 6.07) is 3.78. The van der Waals surface area contributed by atoms with Crippen LogP contribution in [-0.2, 0) is 14.3 Å². The summed E-state index contributed by atoms with van der Waals surface area (Å²) in [5, 5.41) is 3.29. The Balaban J connectivity index is 2.54. The number of rotatable bonds is 6. The van der Waals surface area contributed by atoms with Crippen molar-refractivity contribution in [2.45, 2.75) is 13.8 Å². The van der Waals surface area contributed by atoms with Gasteiger partial charge in [0.25, 0.3) is 0 Å². The average Bonchev–Trinajstić information content (AvgIpc) is 2.29. The van der Waals surface area contributed by atoms with Crippen molar-refractivity contribution in [1.82, 2.24) is 0 Å². The van der Waals surface area contributed by atoms with Crippen LogP contribution in [0.3, 0.4) is 0 Å². The Morgan fingerprint density at radius 2 is 2.06 bits per heavy atom. The van der Waals surface area contributed by atoms with E-state index in [0.717, 1.165) is 11.1 Å². The number of hydrogen-bond acceptors (Lipinski definition) is 3. The van der Waals surface area contributed by atoms with Crippen LogP contribution in [0.4, 0.5) is 5.69 Å². The summed E-state index contributed by atoms with van der Waals surface area (Å²) in [6.07, 6.45) is 0. The van der Waals surface area contributed by atoms with Gasteiger partial charge in [-0.25, -0.2) is 0 Å². The van der Waals surface area contributed by atoms with Crippen LogP contribution in [0.1, 0.15) is 11.1 Å². The first kappa shape index (κ1) is 15.0. The van der Waals surface area contributed by atoms with Crippen molar-refractivity contribution in [3.05, 3.63) is 28.3 Å². The zero-order chi connectivity index (χ0) is 13.5. The molecule has 4 nitrogen and oxygen atoms in total. The van der Waals surface area contributed by atoms with E-state index in [0.29, 0.717) is 23.9 Å². The topological polar surface area (TPSA) is 47.6 Å². The molecule has 0 bridgehead atoms. The van der Waals surface area contributed by atoms with Gasteiger partial charge >= 0.3 is 0 Å². The summed E-state index contributed by atoms with van der Waals surface area (Å²) in [7, 11) is 1.58. The summed E-state index contributed by atoms with van der Waals surface area (Å²) in [5.74, 6) is -0.222. The molecule has 0 saturated heterocycles. The fourth-order valence-electron chi connectivity index (χ4n) is 1.56.